The second kappa shape index (κ2) is 22.5. The maximum absolute atomic E-state index is 14.9. The molecule has 0 aliphatic rings. The highest BCUT2D eigenvalue weighted by Crippen LogP contribution is 2.36. The topological polar surface area (TPSA) is 142 Å². The molecule has 0 aliphatic carbocycles. The summed E-state index contributed by atoms with van der Waals surface area (Å²) >= 11 is 0. The van der Waals surface area contributed by atoms with E-state index in [0.717, 1.165) is 60.7 Å². The van der Waals surface area contributed by atoms with Gasteiger partial charge < -0.3 is 39.9 Å². The van der Waals surface area contributed by atoms with E-state index in [0.29, 0.717) is 23.4 Å². The molecule has 5 aromatic carbocycles. The Balaban J connectivity index is 1.13. The number of anilines is 2. The lowest BCUT2D eigenvalue weighted by Crippen LogP contribution is -2.22. The molecule has 5 rings (SSSR count). The van der Waals surface area contributed by atoms with Crippen LogP contribution in [0.4, 0.5) is 64.1 Å². The fourth-order valence-corrected chi connectivity index (χ4v) is 5.83. The van der Waals surface area contributed by atoms with Crippen LogP contribution in [0.1, 0.15) is 46.6 Å². The maximum atomic E-state index is 14.9. The number of nitrogen functional groups attached to an aromatic ring is 2. The average molecular weight is 987 g/mol. The zero-order valence-corrected chi connectivity index (χ0v) is 35.4. The van der Waals surface area contributed by atoms with Crippen LogP contribution < -0.4 is 30.4 Å². The second-order valence-electron chi connectivity index (χ2n) is 14.6. The minimum absolute atomic E-state index is 0.169. The average Bonchev–Trinajstić information content (AvgIpc) is 3.26. The fourth-order valence-electron chi connectivity index (χ4n) is 5.83. The molecule has 0 unspecified atom stereocenters. The number of esters is 2. The number of carbonyl (C=O) groups excluding carboxylic acids is 2. The Labute approximate surface area is 384 Å². The number of rotatable bonds is 21. The Kier molecular flexibility index (Phi) is 17.1. The number of halogens is 12. The predicted octanol–water partition coefficient (Wildman–Crippen LogP) is 11.6. The molecule has 0 bridgehead atoms. The molecule has 0 radical (unpaired) electrons. The van der Waals surface area contributed by atoms with Gasteiger partial charge >= 0.3 is 36.5 Å². The molecule has 69 heavy (non-hydrogen) atoms. The Morgan fingerprint density at radius 2 is 0.942 bits per heavy atom. The quantitative estimate of drug-likeness (QED) is 0.0316. The molecule has 5 aromatic rings. The SMILES string of the molecule is Nc1ccc(C(COC(=O)/C=C/c2ccc(C(F)(F)Oc3ccc(OCCC(F)(F)F)cc3F)cc2)COC(=O)/C=C/c2ccc(C(F)(F)Oc3ccc(OCCC(F)(F)F)cc3F)cc2)c(N)c1. The van der Waals surface area contributed by atoms with Crippen molar-refractivity contribution in [3.63, 3.8) is 0 Å². The molecule has 10 nitrogen and oxygen atoms in total. The first-order valence-electron chi connectivity index (χ1n) is 20.0. The molecule has 22 heteroatoms. The van der Waals surface area contributed by atoms with Crippen molar-refractivity contribution in [3.8, 4) is 23.0 Å². The molecule has 0 saturated heterocycles. The minimum atomic E-state index is -4.52. The van der Waals surface area contributed by atoms with Crippen molar-refractivity contribution in [3.05, 3.63) is 155 Å². The molecule has 0 aromatic heterocycles. The highest BCUT2D eigenvalue weighted by atomic mass is 19.4. The van der Waals surface area contributed by atoms with Crippen LogP contribution in [-0.2, 0) is 31.3 Å². The third-order valence-electron chi connectivity index (χ3n) is 9.31. The van der Waals surface area contributed by atoms with Gasteiger partial charge in [-0.05, 0) is 89.5 Å². The molecule has 4 N–H and O–H groups in total. The van der Waals surface area contributed by atoms with E-state index < -0.39 is 116 Å². The van der Waals surface area contributed by atoms with Crippen LogP contribution in [-0.4, -0.2) is 50.7 Å². The molecule has 0 saturated carbocycles. The number of hydrogen-bond donors (Lipinski definition) is 2. The molecule has 0 spiro atoms. The van der Waals surface area contributed by atoms with Crippen molar-refractivity contribution < 1.29 is 90.7 Å². The van der Waals surface area contributed by atoms with Gasteiger partial charge in [0.1, 0.15) is 24.7 Å². The van der Waals surface area contributed by atoms with Crippen molar-refractivity contribution >= 4 is 35.5 Å². The van der Waals surface area contributed by atoms with E-state index in [9.17, 15) is 62.3 Å². The van der Waals surface area contributed by atoms with Crippen molar-refractivity contribution in [2.45, 2.75) is 43.3 Å². The monoisotopic (exact) mass is 986 g/mol. The highest BCUT2D eigenvalue weighted by molar-refractivity contribution is 5.87. The largest absolute Gasteiger partial charge is 0.493 e. The number of nitrogens with two attached hydrogens (primary N) is 2. The molecular weight excluding hydrogens is 948 g/mol. The summed E-state index contributed by atoms with van der Waals surface area (Å²) in [6.45, 7) is -2.42. The van der Waals surface area contributed by atoms with Crippen molar-refractivity contribution in [1.29, 1.82) is 0 Å². The molecule has 0 atom stereocenters. The fraction of sp³-hybridized carbons (Fsp3) is 0.234. The predicted molar refractivity (Wildman–Crippen MR) is 225 cm³/mol. The van der Waals surface area contributed by atoms with Crippen LogP contribution in [0.5, 0.6) is 23.0 Å². The zero-order valence-electron chi connectivity index (χ0n) is 35.4. The molecule has 0 heterocycles. The number of ether oxygens (including phenoxy) is 6. The summed E-state index contributed by atoms with van der Waals surface area (Å²) in [5, 5.41) is 0. The van der Waals surface area contributed by atoms with Crippen molar-refractivity contribution in [2.24, 2.45) is 0 Å². The van der Waals surface area contributed by atoms with Crippen LogP contribution in [0.25, 0.3) is 12.2 Å². The molecular formula is C47H38F12N2O8. The summed E-state index contributed by atoms with van der Waals surface area (Å²) in [7, 11) is 0. The van der Waals surface area contributed by atoms with Crippen LogP contribution in [0.3, 0.4) is 0 Å². The smallest absolute Gasteiger partial charge is 0.426 e. The molecule has 0 aliphatic heterocycles. The number of hydrogen-bond acceptors (Lipinski definition) is 10. The van der Waals surface area contributed by atoms with Gasteiger partial charge in [0.15, 0.2) is 23.1 Å². The van der Waals surface area contributed by atoms with Gasteiger partial charge in [-0.2, -0.15) is 43.9 Å². The van der Waals surface area contributed by atoms with Gasteiger partial charge in [0.05, 0.1) is 43.1 Å². The van der Waals surface area contributed by atoms with E-state index in [2.05, 4.69) is 9.47 Å². The van der Waals surface area contributed by atoms with Crippen LogP contribution in [0, 0.1) is 11.6 Å². The summed E-state index contributed by atoms with van der Waals surface area (Å²) in [6, 6.07) is 17.6. The van der Waals surface area contributed by atoms with E-state index in [4.69, 9.17) is 30.4 Å². The van der Waals surface area contributed by atoms with Crippen molar-refractivity contribution in [1.82, 2.24) is 0 Å². The van der Waals surface area contributed by atoms with Gasteiger partial charge in [-0.1, -0.05) is 30.3 Å². The first-order chi connectivity index (χ1) is 32.4. The van der Waals surface area contributed by atoms with E-state index in [1.807, 2.05) is 0 Å². The minimum Gasteiger partial charge on any atom is -0.493 e. The second-order valence-corrected chi connectivity index (χ2v) is 14.6. The lowest BCUT2D eigenvalue weighted by Gasteiger charge is -2.19. The first kappa shape index (κ1) is 52.4. The molecule has 368 valence electrons. The summed E-state index contributed by atoms with van der Waals surface area (Å²) in [5.74, 6) is -7.78. The maximum Gasteiger partial charge on any atom is 0.426 e. The normalized spacial score (nSPS) is 12.4. The van der Waals surface area contributed by atoms with Gasteiger partial charge in [-0.25, -0.2) is 18.4 Å². The van der Waals surface area contributed by atoms with E-state index >= 15 is 0 Å². The third-order valence-corrected chi connectivity index (χ3v) is 9.31. The number of alkyl halides is 10. The zero-order chi connectivity index (χ0) is 50.6. The van der Waals surface area contributed by atoms with Crippen LogP contribution >= 0.6 is 0 Å². The summed E-state index contributed by atoms with van der Waals surface area (Å²) in [6.07, 6.45) is -15.4. The number of carbonyl (C=O) groups is 2. The Morgan fingerprint density at radius 3 is 1.30 bits per heavy atom. The third kappa shape index (κ3) is 16.6. The summed E-state index contributed by atoms with van der Waals surface area (Å²) in [4.78, 5) is 25.4. The van der Waals surface area contributed by atoms with Crippen LogP contribution in [0.2, 0.25) is 0 Å². The van der Waals surface area contributed by atoms with Gasteiger partial charge in [-0.15, -0.1) is 0 Å². The lowest BCUT2D eigenvalue weighted by atomic mass is 9.98. The lowest BCUT2D eigenvalue weighted by molar-refractivity contribution is -0.187. The van der Waals surface area contributed by atoms with Gasteiger partial charge in [0, 0.05) is 35.7 Å². The van der Waals surface area contributed by atoms with Gasteiger partial charge in [0.25, 0.3) is 0 Å². The standard InChI is InChI=1S/C47H38F12N2O8/c48-37-24-34(64-21-19-44(50,51)52)12-15-40(37)68-46(56,57)31-7-1-28(2-8-31)5-17-42(62)66-26-30(36-14-11-33(60)23-39(36)61)27-67-43(63)18-6-29-3-9-32(10-4-29)47(58,59)69-41-16-13-35(25-38(41)49)65-22-20-45(53,54)55/h1-18,23-25,30H,19-22,26-27,60-61H2/b17-5+,18-6+. The van der Waals surface area contributed by atoms with Crippen molar-refractivity contribution in [2.75, 3.05) is 37.9 Å². The summed E-state index contributed by atoms with van der Waals surface area (Å²) < 4.78 is 192. The molecule has 0 amide bonds. The van der Waals surface area contributed by atoms with E-state index in [1.165, 1.54) is 54.6 Å². The Morgan fingerprint density at radius 1 is 0.536 bits per heavy atom. The van der Waals surface area contributed by atoms with Crippen LogP contribution in [0.15, 0.2) is 115 Å². The Bertz CT molecular complexity index is 2450. The molecule has 0 fully saturated rings. The van der Waals surface area contributed by atoms with E-state index in [-0.39, 0.29) is 28.3 Å². The van der Waals surface area contributed by atoms with Gasteiger partial charge in [-0.3, -0.25) is 0 Å². The van der Waals surface area contributed by atoms with Gasteiger partial charge in [0.2, 0.25) is 0 Å². The first-order valence-corrected chi connectivity index (χ1v) is 20.0. The summed E-state index contributed by atoms with van der Waals surface area (Å²) in [5.41, 5.74) is 11.8. The highest BCUT2D eigenvalue weighted by Gasteiger charge is 2.37. The van der Waals surface area contributed by atoms with E-state index in [1.54, 1.807) is 0 Å². The number of benzene rings is 5. The Hall–Kier alpha value is -7.52.